The Labute approximate surface area is 165 Å². The topological polar surface area (TPSA) is 69.5 Å². The summed E-state index contributed by atoms with van der Waals surface area (Å²) in [5.74, 6) is 0.760. The van der Waals surface area contributed by atoms with Gasteiger partial charge in [-0.1, -0.05) is 22.9 Å². The van der Waals surface area contributed by atoms with Crippen molar-refractivity contribution in [2.24, 2.45) is 7.05 Å². The molecule has 0 saturated carbocycles. The van der Waals surface area contributed by atoms with Crippen LogP contribution in [0, 0.1) is 0 Å². The lowest BCUT2D eigenvalue weighted by Crippen LogP contribution is -2.38. The molecule has 0 radical (unpaired) electrons. The number of rotatable bonds is 5. The fourth-order valence-corrected chi connectivity index (χ4v) is 4.42. The quantitative estimate of drug-likeness (QED) is 0.648. The number of aryl methyl sites for hydroxylation is 1. The van der Waals surface area contributed by atoms with Crippen LogP contribution in [-0.4, -0.2) is 46.8 Å². The van der Waals surface area contributed by atoms with Crippen LogP contribution in [0.15, 0.2) is 24.5 Å². The molecule has 1 amide bonds. The number of aromatic nitrogens is 3. The monoisotopic (exact) mass is 406 g/mol. The average molecular weight is 407 g/mol. The number of hydrogen-bond donors (Lipinski definition) is 0. The first-order valence-corrected chi connectivity index (χ1v) is 9.81. The number of halogens is 1. The zero-order valence-corrected chi connectivity index (χ0v) is 16.6. The van der Waals surface area contributed by atoms with Crippen molar-refractivity contribution in [3.63, 3.8) is 0 Å². The molecule has 1 aliphatic heterocycles. The van der Waals surface area contributed by atoms with Crippen LogP contribution < -0.4 is 9.64 Å². The Bertz CT molecular complexity index is 980. The van der Waals surface area contributed by atoms with Crippen molar-refractivity contribution in [2.75, 3.05) is 25.2 Å². The maximum Gasteiger partial charge on any atom is 0.296 e. The molecule has 0 spiro atoms. The Kier molecular flexibility index (Phi) is 5.03. The summed E-state index contributed by atoms with van der Waals surface area (Å²) < 4.78 is 13.6. The summed E-state index contributed by atoms with van der Waals surface area (Å²) in [5.41, 5.74) is 0.648. The molecule has 0 bridgehead atoms. The van der Waals surface area contributed by atoms with E-state index in [1.165, 1.54) is 11.3 Å². The van der Waals surface area contributed by atoms with Crippen LogP contribution in [0.1, 0.15) is 23.5 Å². The third-order valence-corrected chi connectivity index (χ3v) is 6.10. The number of amides is 1. The second kappa shape index (κ2) is 7.46. The van der Waals surface area contributed by atoms with Gasteiger partial charge < -0.3 is 14.0 Å². The minimum atomic E-state index is -0.216. The van der Waals surface area contributed by atoms with Gasteiger partial charge in [-0.05, 0) is 25.0 Å². The Morgan fingerprint density at radius 2 is 2.37 bits per heavy atom. The number of fused-ring (bicyclic) bond motifs is 1. The Morgan fingerprint density at radius 3 is 3.04 bits per heavy atom. The van der Waals surface area contributed by atoms with E-state index in [4.69, 9.17) is 21.1 Å². The summed E-state index contributed by atoms with van der Waals surface area (Å²) in [7, 11) is 3.38. The largest absolute Gasteiger partial charge is 0.494 e. The molecule has 1 unspecified atom stereocenters. The lowest BCUT2D eigenvalue weighted by atomic mass is 10.2. The highest BCUT2D eigenvalue weighted by molar-refractivity contribution is 7.23. The van der Waals surface area contributed by atoms with Gasteiger partial charge in [0.1, 0.15) is 11.3 Å². The first-order valence-electron chi connectivity index (χ1n) is 8.62. The summed E-state index contributed by atoms with van der Waals surface area (Å²) in [5, 5.41) is 1.14. The van der Waals surface area contributed by atoms with Gasteiger partial charge in [-0.15, -0.1) is 0 Å². The van der Waals surface area contributed by atoms with E-state index in [-0.39, 0.29) is 12.0 Å². The van der Waals surface area contributed by atoms with E-state index < -0.39 is 0 Å². The Morgan fingerprint density at radius 1 is 1.52 bits per heavy atom. The van der Waals surface area contributed by atoms with Gasteiger partial charge in [0.2, 0.25) is 0 Å². The van der Waals surface area contributed by atoms with E-state index >= 15 is 0 Å². The molecule has 1 aliphatic rings. The van der Waals surface area contributed by atoms with E-state index in [1.54, 1.807) is 48.2 Å². The number of hydrogen-bond acceptors (Lipinski definition) is 6. The van der Waals surface area contributed by atoms with E-state index in [9.17, 15) is 4.79 Å². The Hall–Kier alpha value is -2.16. The first kappa shape index (κ1) is 18.2. The van der Waals surface area contributed by atoms with Gasteiger partial charge in [0.25, 0.3) is 5.91 Å². The van der Waals surface area contributed by atoms with E-state index in [0.717, 1.165) is 17.5 Å². The smallest absolute Gasteiger partial charge is 0.296 e. The molecule has 1 aromatic carbocycles. The van der Waals surface area contributed by atoms with E-state index in [1.807, 2.05) is 0 Å². The van der Waals surface area contributed by atoms with Gasteiger partial charge in [0.05, 0.1) is 29.5 Å². The molecule has 7 nitrogen and oxygen atoms in total. The third-order valence-electron chi connectivity index (χ3n) is 4.57. The van der Waals surface area contributed by atoms with Crippen molar-refractivity contribution >= 4 is 44.2 Å². The van der Waals surface area contributed by atoms with Gasteiger partial charge in [-0.2, -0.15) is 0 Å². The van der Waals surface area contributed by atoms with Crippen LogP contribution in [0.25, 0.3) is 10.2 Å². The van der Waals surface area contributed by atoms with Crippen molar-refractivity contribution in [3.05, 3.63) is 35.4 Å². The molecule has 3 aromatic rings. The average Bonchev–Trinajstić information content (AvgIpc) is 3.40. The number of thiazole rings is 1. The summed E-state index contributed by atoms with van der Waals surface area (Å²) >= 11 is 7.71. The van der Waals surface area contributed by atoms with Gasteiger partial charge in [-0.3, -0.25) is 9.69 Å². The Balaban J connectivity index is 1.78. The summed E-state index contributed by atoms with van der Waals surface area (Å²) in [6.07, 6.45) is 5.25. The normalized spacial score (nSPS) is 16.8. The van der Waals surface area contributed by atoms with Crippen LogP contribution in [0.2, 0.25) is 5.02 Å². The maximum absolute atomic E-state index is 13.2. The van der Waals surface area contributed by atoms with E-state index in [0.29, 0.717) is 40.4 Å². The molecule has 1 saturated heterocycles. The summed E-state index contributed by atoms with van der Waals surface area (Å²) in [6.45, 7) is 1.14. The summed E-state index contributed by atoms with van der Waals surface area (Å²) in [6, 6.07) is 3.55. The molecule has 2 aromatic heterocycles. The lowest BCUT2D eigenvalue weighted by molar-refractivity contribution is 0.0906. The number of ether oxygens (including phenoxy) is 2. The number of imidazole rings is 1. The third kappa shape index (κ3) is 3.40. The van der Waals surface area contributed by atoms with Crippen molar-refractivity contribution in [2.45, 2.75) is 18.9 Å². The highest BCUT2D eigenvalue weighted by atomic mass is 35.5. The van der Waals surface area contributed by atoms with Crippen molar-refractivity contribution < 1.29 is 14.3 Å². The van der Waals surface area contributed by atoms with Gasteiger partial charge in [0.15, 0.2) is 11.0 Å². The second-order valence-electron chi connectivity index (χ2n) is 6.34. The molecule has 142 valence electrons. The van der Waals surface area contributed by atoms with Crippen LogP contribution in [0.3, 0.4) is 0 Å². The minimum Gasteiger partial charge on any atom is -0.494 e. The molecule has 1 fully saturated rings. The zero-order chi connectivity index (χ0) is 19.0. The second-order valence-corrected chi connectivity index (χ2v) is 7.72. The first-order chi connectivity index (χ1) is 13.1. The number of benzene rings is 1. The number of nitrogens with zero attached hydrogens (tertiary/aromatic N) is 4. The number of anilines is 1. The predicted octanol–water partition coefficient (Wildman–Crippen LogP) is 3.52. The van der Waals surface area contributed by atoms with Crippen LogP contribution >= 0.6 is 22.9 Å². The number of carbonyl (C=O) groups excluding carboxylic acids is 1. The van der Waals surface area contributed by atoms with E-state index in [2.05, 4.69) is 9.97 Å². The predicted molar refractivity (Wildman–Crippen MR) is 105 cm³/mol. The van der Waals surface area contributed by atoms with Gasteiger partial charge in [-0.25, -0.2) is 9.97 Å². The molecule has 9 heteroatoms. The lowest BCUT2D eigenvalue weighted by Gasteiger charge is -2.22. The number of carbonyl (C=O) groups is 1. The van der Waals surface area contributed by atoms with Gasteiger partial charge in [0, 0.05) is 26.0 Å². The molecular weight excluding hydrogens is 388 g/mol. The fraction of sp³-hybridized carbons (Fsp3) is 0.389. The molecule has 27 heavy (non-hydrogen) atoms. The molecule has 1 atom stereocenters. The van der Waals surface area contributed by atoms with Crippen molar-refractivity contribution in [1.82, 2.24) is 14.5 Å². The fourth-order valence-electron chi connectivity index (χ4n) is 3.15. The maximum atomic E-state index is 13.2. The van der Waals surface area contributed by atoms with Gasteiger partial charge >= 0.3 is 0 Å². The number of methoxy groups -OCH3 is 1. The van der Waals surface area contributed by atoms with Crippen LogP contribution in [0.5, 0.6) is 5.75 Å². The van der Waals surface area contributed by atoms with Crippen LogP contribution in [-0.2, 0) is 11.8 Å². The minimum absolute atomic E-state index is 0.0152. The molecule has 4 rings (SSSR count). The molecule has 0 aliphatic carbocycles. The standard InChI is InChI=1S/C18H19ClN4O3S/c1-22-8-7-20-16(22)17(24)23(10-11-4-3-9-26-11)18-21-14-13(25-2)6-5-12(19)15(14)27-18/h5-8,11H,3-4,9-10H2,1-2H3. The molecule has 0 N–H and O–H groups in total. The molecular formula is C18H19ClN4O3S. The highest BCUT2D eigenvalue weighted by Crippen LogP contribution is 2.39. The molecule has 3 heterocycles. The van der Waals surface area contributed by atoms with Crippen molar-refractivity contribution in [3.8, 4) is 5.75 Å². The van der Waals surface area contributed by atoms with Crippen LogP contribution in [0.4, 0.5) is 5.13 Å². The SMILES string of the molecule is COc1ccc(Cl)c2sc(N(CC3CCCO3)C(=O)c3nccn3C)nc12. The zero-order valence-electron chi connectivity index (χ0n) is 15.0. The van der Waals surface area contributed by atoms with Crippen molar-refractivity contribution in [1.29, 1.82) is 0 Å². The highest BCUT2D eigenvalue weighted by Gasteiger charge is 2.29. The summed E-state index contributed by atoms with van der Waals surface area (Å²) in [4.78, 5) is 23.7.